The molecule has 1 atom stereocenters. The summed E-state index contributed by atoms with van der Waals surface area (Å²) in [6.07, 6.45) is 3.58. The van der Waals surface area contributed by atoms with Crippen LogP contribution in [-0.2, 0) is 9.59 Å². The average Bonchev–Trinajstić information content (AvgIpc) is 2.70. The van der Waals surface area contributed by atoms with Gasteiger partial charge in [-0.2, -0.15) is 0 Å². The highest BCUT2D eigenvalue weighted by Crippen LogP contribution is 2.45. The highest BCUT2D eigenvalue weighted by atomic mass is 35.5. The average molecular weight is 428 g/mol. The van der Waals surface area contributed by atoms with Crippen LogP contribution in [0.4, 0.5) is 5.82 Å². The maximum absolute atomic E-state index is 13.3. The smallest absolute Gasteiger partial charge is 0.255 e. The summed E-state index contributed by atoms with van der Waals surface area (Å²) < 4.78 is 0. The first-order valence-electron chi connectivity index (χ1n) is 9.37. The van der Waals surface area contributed by atoms with Crippen LogP contribution in [0.3, 0.4) is 0 Å². The number of hydrogen-bond acceptors (Lipinski definition) is 4. The van der Waals surface area contributed by atoms with Gasteiger partial charge < -0.3 is 10.6 Å². The lowest BCUT2D eigenvalue weighted by molar-refractivity contribution is -0.116. The molecule has 2 N–H and O–H groups in total. The van der Waals surface area contributed by atoms with E-state index in [0.29, 0.717) is 44.7 Å². The molecule has 7 heteroatoms. The Bertz CT molecular complexity index is 1060. The van der Waals surface area contributed by atoms with Gasteiger partial charge >= 0.3 is 0 Å². The summed E-state index contributed by atoms with van der Waals surface area (Å²) >= 11 is 12.8. The van der Waals surface area contributed by atoms with Crippen LogP contribution in [0.25, 0.3) is 0 Å². The molecular formula is C22H19Cl2N3O2. The van der Waals surface area contributed by atoms with E-state index in [1.807, 2.05) is 13.0 Å². The quantitative estimate of drug-likeness (QED) is 0.722. The lowest BCUT2D eigenvalue weighted by atomic mass is 9.75. The van der Waals surface area contributed by atoms with E-state index >= 15 is 0 Å². The maximum atomic E-state index is 13.3. The number of carbonyl (C=O) groups is 2. The third-order valence-corrected chi connectivity index (χ3v) is 6.05. The number of Topliss-reactive ketones (excluding diaryl/α,β-unsaturated/α-hetero) is 1. The molecular weight excluding hydrogens is 409 g/mol. The number of rotatable bonds is 3. The molecule has 0 spiro atoms. The van der Waals surface area contributed by atoms with Crippen LogP contribution in [-0.4, -0.2) is 16.7 Å². The number of allylic oxidation sites excluding steroid dienone is 3. The number of amides is 1. The number of pyridine rings is 1. The van der Waals surface area contributed by atoms with Gasteiger partial charge in [-0.15, -0.1) is 0 Å². The summed E-state index contributed by atoms with van der Waals surface area (Å²) in [7, 11) is 0. The largest absolute Gasteiger partial charge is 0.362 e. The minimum absolute atomic E-state index is 0.0235. The molecule has 0 saturated heterocycles. The van der Waals surface area contributed by atoms with E-state index in [1.54, 1.807) is 36.5 Å². The second kappa shape index (κ2) is 8.01. The molecule has 2 aromatic rings. The minimum Gasteiger partial charge on any atom is -0.362 e. The summed E-state index contributed by atoms with van der Waals surface area (Å²) in [5.74, 6) is -0.465. The number of aromatic nitrogens is 1. The second-order valence-electron chi connectivity index (χ2n) is 7.08. The fraction of sp³-hybridized carbons (Fsp3) is 0.227. The molecule has 2 heterocycles. The van der Waals surface area contributed by atoms with Crippen molar-refractivity contribution in [3.63, 3.8) is 0 Å². The summed E-state index contributed by atoms with van der Waals surface area (Å²) in [6, 6.07) is 10.6. The molecule has 4 rings (SSSR count). The normalized spacial score (nSPS) is 19.0. The molecule has 1 unspecified atom stereocenters. The van der Waals surface area contributed by atoms with Gasteiger partial charge in [0.1, 0.15) is 5.82 Å². The standard InChI is InChI=1S/C22H19Cl2N3O2/c1-12-18(22(29)27-17-10-2-3-11-25-17)19(13-6-4-7-14(23)21(13)24)20-15(26-12)8-5-9-16(20)28/h2-4,6-7,10-11,19,26H,5,8-9H2,1H3,(H,25,27,29). The summed E-state index contributed by atoms with van der Waals surface area (Å²) in [5, 5.41) is 6.84. The molecule has 148 valence electrons. The number of nitrogens with one attached hydrogen (secondary N) is 2. The van der Waals surface area contributed by atoms with Crippen LogP contribution in [0.2, 0.25) is 10.0 Å². The Labute approximate surface area is 178 Å². The van der Waals surface area contributed by atoms with Crippen molar-refractivity contribution >= 4 is 40.7 Å². The molecule has 1 aliphatic carbocycles. The zero-order valence-electron chi connectivity index (χ0n) is 15.8. The molecule has 0 fully saturated rings. The van der Waals surface area contributed by atoms with Crippen LogP contribution in [0.1, 0.15) is 37.7 Å². The van der Waals surface area contributed by atoms with E-state index in [-0.39, 0.29) is 11.7 Å². The lowest BCUT2D eigenvalue weighted by Crippen LogP contribution is -2.35. The van der Waals surface area contributed by atoms with Crippen molar-refractivity contribution in [3.05, 3.63) is 80.7 Å². The fourth-order valence-electron chi connectivity index (χ4n) is 3.96. The van der Waals surface area contributed by atoms with Crippen LogP contribution >= 0.6 is 23.2 Å². The van der Waals surface area contributed by atoms with Crippen molar-refractivity contribution in [2.75, 3.05) is 5.32 Å². The third kappa shape index (κ3) is 3.68. The van der Waals surface area contributed by atoms with Crippen molar-refractivity contribution in [2.24, 2.45) is 0 Å². The monoisotopic (exact) mass is 427 g/mol. The molecule has 1 amide bonds. The van der Waals surface area contributed by atoms with Crippen molar-refractivity contribution in [1.29, 1.82) is 0 Å². The number of carbonyl (C=O) groups excluding carboxylic acids is 2. The maximum Gasteiger partial charge on any atom is 0.255 e. The minimum atomic E-state index is -0.589. The van der Waals surface area contributed by atoms with Gasteiger partial charge in [0.25, 0.3) is 5.91 Å². The van der Waals surface area contributed by atoms with Crippen LogP contribution < -0.4 is 10.6 Å². The highest BCUT2D eigenvalue weighted by molar-refractivity contribution is 6.42. The van der Waals surface area contributed by atoms with Crippen LogP contribution in [0, 0.1) is 0 Å². The number of dihydropyridines is 1. The Morgan fingerprint density at radius 3 is 2.76 bits per heavy atom. The van der Waals surface area contributed by atoms with E-state index in [0.717, 1.165) is 18.5 Å². The van der Waals surface area contributed by atoms with Crippen molar-refractivity contribution in [2.45, 2.75) is 32.1 Å². The summed E-state index contributed by atoms with van der Waals surface area (Å²) in [4.78, 5) is 30.3. The van der Waals surface area contributed by atoms with Gasteiger partial charge in [0.2, 0.25) is 0 Å². The number of anilines is 1. The molecule has 1 aromatic heterocycles. The zero-order valence-corrected chi connectivity index (χ0v) is 17.3. The first-order valence-corrected chi connectivity index (χ1v) is 10.1. The van der Waals surface area contributed by atoms with E-state index in [2.05, 4.69) is 15.6 Å². The predicted octanol–water partition coefficient (Wildman–Crippen LogP) is 5.00. The lowest BCUT2D eigenvalue weighted by Gasteiger charge is -2.35. The first kappa shape index (κ1) is 19.7. The van der Waals surface area contributed by atoms with Gasteiger partial charge in [-0.3, -0.25) is 9.59 Å². The Morgan fingerprint density at radius 2 is 2.00 bits per heavy atom. The highest BCUT2D eigenvalue weighted by Gasteiger charge is 2.39. The zero-order chi connectivity index (χ0) is 20.5. The van der Waals surface area contributed by atoms with E-state index in [4.69, 9.17) is 23.2 Å². The van der Waals surface area contributed by atoms with Gasteiger partial charge in [-0.25, -0.2) is 4.98 Å². The summed E-state index contributed by atoms with van der Waals surface area (Å²) in [6.45, 7) is 1.83. The molecule has 0 saturated carbocycles. The van der Waals surface area contributed by atoms with Crippen molar-refractivity contribution in [1.82, 2.24) is 10.3 Å². The van der Waals surface area contributed by atoms with E-state index in [9.17, 15) is 9.59 Å². The molecule has 1 aromatic carbocycles. The van der Waals surface area contributed by atoms with Gasteiger partial charge in [0, 0.05) is 41.1 Å². The van der Waals surface area contributed by atoms with Gasteiger partial charge in [0.15, 0.2) is 5.78 Å². The second-order valence-corrected chi connectivity index (χ2v) is 7.86. The number of nitrogens with zero attached hydrogens (tertiary/aromatic N) is 1. The van der Waals surface area contributed by atoms with Crippen molar-refractivity contribution < 1.29 is 9.59 Å². The van der Waals surface area contributed by atoms with Gasteiger partial charge in [-0.05, 0) is 43.5 Å². The number of hydrogen-bond donors (Lipinski definition) is 2. The number of ketones is 1. The van der Waals surface area contributed by atoms with Crippen LogP contribution in [0.15, 0.2) is 65.1 Å². The fourth-order valence-corrected chi connectivity index (χ4v) is 4.38. The van der Waals surface area contributed by atoms with E-state index in [1.165, 1.54) is 0 Å². The molecule has 0 radical (unpaired) electrons. The van der Waals surface area contributed by atoms with Gasteiger partial charge in [-0.1, -0.05) is 41.4 Å². The number of halogens is 2. The Morgan fingerprint density at radius 1 is 1.17 bits per heavy atom. The number of benzene rings is 1. The molecule has 5 nitrogen and oxygen atoms in total. The molecule has 2 aliphatic rings. The van der Waals surface area contributed by atoms with Gasteiger partial charge in [0.05, 0.1) is 10.0 Å². The first-order chi connectivity index (χ1) is 14.0. The predicted molar refractivity (Wildman–Crippen MR) is 114 cm³/mol. The SMILES string of the molecule is CC1=C(C(=O)Nc2ccccn2)C(c2cccc(Cl)c2Cl)C2=C(CCCC2=O)N1. The Balaban J connectivity index is 1.84. The molecule has 1 aliphatic heterocycles. The molecule has 0 bridgehead atoms. The Kier molecular flexibility index (Phi) is 5.43. The third-order valence-electron chi connectivity index (χ3n) is 5.22. The van der Waals surface area contributed by atoms with Crippen LogP contribution in [0.5, 0.6) is 0 Å². The van der Waals surface area contributed by atoms with E-state index < -0.39 is 5.92 Å². The molecule has 29 heavy (non-hydrogen) atoms. The topological polar surface area (TPSA) is 71.1 Å². The van der Waals surface area contributed by atoms with Crippen molar-refractivity contribution in [3.8, 4) is 0 Å². The Hall–Kier alpha value is -2.63. The summed E-state index contributed by atoms with van der Waals surface area (Å²) in [5.41, 5.74) is 3.22.